The number of hydrogen-bond donors (Lipinski definition) is 2. The van der Waals surface area contributed by atoms with Crippen molar-refractivity contribution in [1.29, 1.82) is 0 Å². The van der Waals surface area contributed by atoms with Crippen molar-refractivity contribution in [1.82, 2.24) is 14.9 Å². The third kappa shape index (κ3) is 4.77. The fourth-order valence-electron chi connectivity index (χ4n) is 3.74. The highest BCUT2D eigenvalue weighted by atomic mass is 35.5. The topological polar surface area (TPSA) is 86.6 Å². The number of likely N-dealkylation sites (tertiary alicyclic amines) is 1. The number of carbonyl (C=O) groups is 1. The molecule has 1 unspecified atom stereocenters. The quantitative estimate of drug-likeness (QED) is 0.641. The molecule has 0 radical (unpaired) electrons. The monoisotopic (exact) mass is 437 g/mol. The lowest BCUT2D eigenvalue weighted by Crippen LogP contribution is -2.40. The van der Waals surface area contributed by atoms with Crippen molar-refractivity contribution >= 4 is 17.5 Å². The third-order valence-electron chi connectivity index (χ3n) is 5.56. The highest BCUT2D eigenvalue weighted by Crippen LogP contribution is 2.32. The summed E-state index contributed by atoms with van der Waals surface area (Å²) in [6.45, 7) is 2.77. The second kappa shape index (κ2) is 9.14. The largest absolute Gasteiger partial charge is 0.393 e. The summed E-state index contributed by atoms with van der Waals surface area (Å²) < 4.78 is 0. The number of aliphatic hydroxyl groups excluding tert-OH is 2. The van der Waals surface area contributed by atoms with Gasteiger partial charge in [-0.1, -0.05) is 17.7 Å². The predicted molar refractivity (Wildman–Crippen MR) is 120 cm³/mol. The van der Waals surface area contributed by atoms with Crippen LogP contribution in [0.5, 0.6) is 0 Å². The Labute approximate surface area is 186 Å². The SMILES string of the molecule is CC(O)c1cc(-c2cncc(-c3ccc(C(=O)N4CCC(O)CC4)cc3Cl)c2)ccn1. The Bertz CT molecular complexity index is 1090. The van der Waals surface area contributed by atoms with Crippen molar-refractivity contribution in [3.63, 3.8) is 0 Å². The molecule has 1 saturated heterocycles. The van der Waals surface area contributed by atoms with Crippen molar-refractivity contribution in [3.8, 4) is 22.3 Å². The van der Waals surface area contributed by atoms with Crippen LogP contribution in [0.25, 0.3) is 22.3 Å². The second-order valence-corrected chi connectivity index (χ2v) is 8.23. The number of rotatable bonds is 4. The van der Waals surface area contributed by atoms with Crippen LogP contribution < -0.4 is 0 Å². The van der Waals surface area contributed by atoms with Crippen LogP contribution in [0.3, 0.4) is 0 Å². The molecular weight excluding hydrogens is 414 g/mol. The van der Waals surface area contributed by atoms with Crippen LogP contribution in [0.4, 0.5) is 0 Å². The molecule has 3 aromatic rings. The summed E-state index contributed by atoms with van der Waals surface area (Å²) in [5.74, 6) is -0.0744. The minimum absolute atomic E-state index is 0.0744. The van der Waals surface area contributed by atoms with E-state index in [1.54, 1.807) is 42.5 Å². The van der Waals surface area contributed by atoms with Gasteiger partial charge in [-0.05, 0) is 55.7 Å². The molecule has 160 valence electrons. The van der Waals surface area contributed by atoms with Gasteiger partial charge in [0.15, 0.2) is 0 Å². The van der Waals surface area contributed by atoms with Gasteiger partial charge < -0.3 is 15.1 Å². The van der Waals surface area contributed by atoms with Gasteiger partial charge in [-0.25, -0.2) is 0 Å². The van der Waals surface area contributed by atoms with Crippen LogP contribution in [0.1, 0.15) is 41.9 Å². The zero-order valence-corrected chi connectivity index (χ0v) is 18.0. The molecule has 2 aromatic heterocycles. The average molecular weight is 438 g/mol. The standard InChI is InChI=1S/C24H24ClN3O3/c1-15(29)23-12-16(4-7-27-23)18-10-19(14-26-13-18)21-3-2-17(11-22(21)25)24(31)28-8-5-20(30)6-9-28/h2-4,7,10-15,20,29-30H,5-6,8-9H2,1H3. The van der Waals surface area contributed by atoms with E-state index in [9.17, 15) is 15.0 Å². The van der Waals surface area contributed by atoms with Crippen molar-refractivity contribution in [2.45, 2.75) is 32.0 Å². The smallest absolute Gasteiger partial charge is 0.253 e. The van der Waals surface area contributed by atoms with Gasteiger partial charge >= 0.3 is 0 Å². The lowest BCUT2D eigenvalue weighted by Gasteiger charge is -2.29. The van der Waals surface area contributed by atoms with E-state index < -0.39 is 6.10 Å². The summed E-state index contributed by atoms with van der Waals surface area (Å²) in [4.78, 5) is 23.1. The van der Waals surface area contributed by atoms with Crippen LogP contribution in [-0.2, 0) is 0 Å². The van der Waals surface area contributed by atoms with E-state index in [4.69, 9.17) is 11.6 Å². The first-order chi connectivity index (χ1) is 14.9. The average Bonchev–Trinajstić information content (AvgIpc) is 2.79. The first-order valence-corrected chi connectivity index (χ1v) is 10.7. The molecule has 3 heterocycles. The van der Waals surface area contributed by atoms with Crippen LogP contribution in [-0.4, -0.2) is 50.2 Å². The van der Waals surface area contributed by atoms with E-state index in [-0.39, 0.29) is 12.0 Å². The van der Waals surface area contributed by atoms with Crippen molar-refractivity contribution in [2.75, 3.05) is 13.1 Å². The fourth-order valence-corrected chi connectivity index (χ4v) is 4.02. The molecule has 0 spiro atoms. The van der Waals surface area contributed by atoms with Gasteiger partial charge in [0.05, 0.1) is 17.9 Å². The minimum Gasteiger partial charge on any atom is -0.393 e. The number of pyridine rings is 2. The normalized spacial score (nSPS) is 15.7. The molecule has 1 aromatic carbocycles. The molecule has 4 rings (SSSR count). The highest BCUT2D eigenvalue weighted by Gasteiger charge is 2.23. The van der Waals surface area contributed by atoms with Crippen molar-refractivity contribution < 1.29 is 15.0 Å². The summed E-state index contributed by atoms with van der Waals surface area (Å²) in [5.41, 5.74) is 4.52. The zero-order valence-electron chi connectivity index (χ0n) is 17.2. The van der Waals surface area contributed by atoms with Gasteiger partial charge in [-0.3, -0.25) is 14.8 Å². The number of piperidine rings is 1. The molecule has 7 heteroatoms. The maximum Gasteiger partial charge on any atom is 0.253 e. The summed E-state index contributed by atoms with van der Waals surface area (Å²) >= 11 is 6.55. The number of amides is 1. The van der Waals surface area contributed by atoms with Gasteiger partial charge in [0.1, 0.15) is 0 Å². The molecule has 1 aliphatic heterocycles. The van der Waals surface area contributed by atoms with Crippen LogP contribution in [0.2, 0.25) is 5.02 Å². The number of aliphatic hydroxyl groups is 2. The molecule has 0 bridgehead atoms. The van der Waals surface area contributed by atoms with Crippen LogP contribution in [0, 0.1) is 0 Å². The maximum absolute atomic E-state index is 12.8. The highest BCUT2D eigenvalue weighted by molar-refractivity contribution is 6.33. The van der Waals surface area contributed by atoms with Crippen molar-refractivity contribution in [2.24, 2.45) is 0 Å². The molecule has 31 heavy (non-hydrogen) atoms. The summed E-state index contributed by atoms with van der Waals surface area (Å²) in [6, 6.07) is 11.0. The van der Waals surface area contributed by atoms with E-state index >= 15 is 0 Å². The van der Waals surface area contributed by atoms with Crippen LogP contribution >= 0.6 is 11.6 Å². The Morgan fingerprint density at radius 1 is 1.10 bits per heavy atom. The van der Waals surface area contributed by atoms with E-state index in [1.807, 2.05) is 24.3 Å². The molecule has 6 nitrogen and oxygen atoms in total. The Hall–Kier alpha value is -2.80. The van der Waals surface area contributed by atoms with Gasteiger partial charge in [-0.15, -0.1) is 0 Å². The van der Waals surface area contributed by atoms with Gasteiger partial charge in [0.25, 0.3) is 5.91 Å². The first-order valence-electron chi connectivity index (χ1n) is 10.3. The molecule has 2 N–H and O–H groups in total. The zero-order chi connectivity index (χ0) is 22.0. The summed E-state index contributed by atoms with van der Waals surface area (Å²) in [6.07, 6.45) is 5.36. The molecule has 1 aliphatic rings. The lowest BCUT2D eigenvalue weighted by molar-refractivity contribution is 0.0546. The number of nitrogens with zero attached hydrogens (tertiary/aromatic N) is 3. The molecule has 1 amide bonds. The van der Waals surface area contributed by atoms with E-state index in [2.05, 4.69) is 9.97 Å². The molecule has 1 atom stereocenters. The minimum atomic E-state index is -0.654. The summed E-state index contributed by atoms with van der Waals surface area (Å²) in [7, 11) is 0. The van der Waals surface area contributed by atoms with E-state index in [0.29, 0.717) is 42.2 Å². The first kappa shape index (κ1) is 21.4. The Morgan fingerprint density at radius 3 is 2.55 bits per heavy atom. The predicted octanol–water partition coefficient (Wildman–Crippen LogP) is 4.11. The lowest BCUT2D eigenvalue weighted by atomic mass is 10.00. The van der Waals surface area contributed by atoms with Crippen LogP contribution in [0.15, 0.2) is 55.0 Å². The number of halogens is 1. The molecular formula is C24H24ClN3O3. The molecule has 0 aliphatic carbocycles. The van der Waals surface area contributed by atoms with Gasteiger partial charge in [0, 0.05) is 59.0 Å². The Morgan fingerprint density at radius 2 is 1.84 bits per heavy atom. The number of benzene rings is 1. The van der Waals surface area contributed by atoms with E-state index in [1.165, 1.54) is 0 Å². The number of hydrogen-bond acceptors (Lipinski definition) is 5. The number of carbonyl (C=O) groups excluding carboxylic acids is 1. The van der Waals surface area contributed by atoms with Gasteiger partial charge in [0.2, 0.25) is 0 Å². The Balaban J connectivity index is 1.60. The number of aromatic nitrogens is 2. The van der Waals surface area contributed by atoms with Crippen molar-refractivity contribution in [3.05, 3.63) is 71.3 Å². The summed E-state index contributed by atoms with van der Waals surface area (Å²) in [5, 5.41) is 19.9. The second-order valence-electron chi connectivity index (χ2n) is 7.83. The maximum atomic E-state index is 12.8. The third-order valence-corrected chi connectivity index (χ3v) is 5.87. The molecule has 0 saturated carbocycles. The molecule has 1 fully saturated rings. The Kier molecular flexibility index (Phi) is 6.32. The van der Waals surface area contributed by atoms with Gasteiger partial charge in [-0.2, -0.15) is 0 Å². The van der Waals surface area contributed by atoms with E-state index in [0.717, 1.165) is 22.3 Å². The fraction of sp³-hybridized carbons (Fsp3) is 0.292.